The molecule has 0 unspecified atom stereocenters. The predicted octanol–water partition coefficient (Wildman–Crippen LogP) is 4.60. The minimum absolute atomic E-state index is 0.203. The van der Waals surface area contributed by atoms with Gasteiger partial charge in [-0.3, -0.25) is 4.79 Å². The third-order valence-corrected chi connectivity index (χ3v) is 3.07. The van der Waals surface area contributed by atoms with Gasteiger partial charge in [-0.15, -0.1) is 0 Å². The topological polar surface area (TPSA) is 17.1 Å². The fourth-order valence-corrected chi connectivity index (χ4v) is 2.11. The molecule has 0 atom stereocenters. The lowest BCUT2D eigenvalue weighted by atomic mass is 9.97. The van der Waals surface area contributed by atoms with Crippen LogP contribution in [0.15, 0.2) is 40.9 Å². The summed E-state index contributed by atoms with van der Waals surface area (Å²) in [5.74, 6) is -1.23. The molecule has 92 valence electrons. The fraction of sp³-hybridized carbons (Fsp3) is 0.0714. The van der Waals surface area contributed by atoms with E-state index in [1.807, 2.05) is 0 Å². The summed E-state index contributed by atoms with van der Waals surface area (Å²) in [7, 11) is 0. The Morgan fingerprint density at radius 2 is 1.78 bits per heavy atom. The Labute approximate surface area is 112 Å². The Balaban J connectivity index is 2.73. The third-order valence-electron chi connectivity index (χ3n) is 2.58. The van der Waals surface area contributed by atoms with E-state index in [1.54, 1.807) is 6.07 Å². The largest absolute Gasteiger partial charge is 0.294 e. The molecule has 1 nitrogen and oxygen atoms in total. The molecule has 0 radical (unpaired) electrons. The van der Waals surface area contributed by atoms with Gasteiger partial charge in [0.1, 0.15) is 11.6 Å². The van der Waals surface area contributed by atoms with Crippen LogP contribution in [0.1, 0.15) is 17.3 Å². The van der Waals surface area contributed by atoms with Gasteiger partial charge in [-0.1, -0.05) is 15.9 Å². The van der Waals surface area contributed by atoms with Gasteiger partial charge < -0.3 is 0 Å². The first-order valence-electron chi connectivity index (χ1n) is 5.25. The molecule has 0 aliphatic carbocycles. The monoisotopic (exact) mass is 310 g/mol. The first-order valence-corrected chi connectivity index (χ1v) is 6.04. The van der Waals surface area contributed by atoms with Gasteiger partial charge in [0.15, 0.2) is 5.78 Å². The van der Waals surface area contributed by atoms with Crippen LogP contribution in [0.25, 0.3) is 11.1 Å². The Kier molecular flexibility index (Phi) is 3.57. The zero-order valence-electron chi connectivity index (χ0n) is 9.51. The minimum atomic E-state index is -0.505. The van der Waals surface area contributed by atoms with Crippen molar-refractivity contribution in [1.82, 2.24) is 0 Å². The lowest BCUT2D eigenvalue weighted by Gasteiger charge is -2.09. The van der Waals surface area contributed by atoms with Crippen LogP contribution in [0.2, 0.25) is 0 Å². The van der Waals surface area contributed by atoms with E-state index in [1.165, 1.54) is 37.3 Å². The molecule has 0 N–H and O–H groups in total. The maximum Gasteiger partial charge on any atom is 0.160 e. The molecule has 0 aromatic heterocycles. The smallest absolute Gasteiger partial charge is 0.160 e. The summed E-state index contributed by atoms with van der Waals surface area (Å²) in [6, 6.07) is 8.07. The number of Topliss-reactive ketones (excluding diaryl/α,β-unsaturated/α-hetero) is 1. The second-order valence-electron chi connectivity index (χ2n) is 3.87. The van der Waals surface area contributed by atoms with Crippen LogP contribution in [0.4, 0.5) is 8.78 Å². The zero-order valence-corrected chi connectivity index (χ0v) is 11.1. The molecule has 0 saturated heterocycles. The summed E-state index contributed by atoms with van der Waals surface area (Å²) in [6.45, 7) is 1.37. The maximum atomic E-state index is 13.8. The molecule has 0 aliphatic heterocycles. The van der Waals surface area contributed by atoms with Crippen LogP contribution in [0.3, 0.4) is 0 Å². The molecule has 0 spiro atoms. The lowest BCUT2D eigenvalue weighted by molar-refractivity contribution is 0.101. The van der Waals surface area contributed by atoms with Gasteiger partial charge in [0.2, 0.25) is 0 Å². The van der Waals surface area contributed by atoms with E-state index in [0.717, 1.165) is 0 Å². The van der Waals surface area contributed by atoms with Gasteiger partial charge in [0.05, 0.1) is 0 Å². The van der Waals surface area contributed by atoms with Crippen molar-refractivity contribution in [2.45, 2.75) is 6.92 Å². The molecular weight excluding hydrogens is 302 g/mol. The molecule has 0 fully saturated rings. The summed E-state index contributed by atoms with van der Waals surface area (Å²) < 4.78 is 27.7. The molecule has 0 heterocycles. The number of benzene rings is 2. The highest BCUT2D eigenvalue weighted by Gasteiger charge is 2.14. The molecular formula is C14H9BrF2O. The van der Waals surface area contributed by atoms with E-state index >= 15 is 0 Å². The Bertz CT molecular complexity index is 623. The number of hydrogen-bond acceptors (Lipinski definition) is 1. The van der Waals surface area contributed by atoms with Gasteiger partial charge in [-0.25, -0.2) is 8.78 Å². The summed E-state index contributed by atoms with van der Waals surface area (Å²) >= 11 is 3.23. The van der Waals surface area contributed by atoms with E-state index in [9.17, 15) is 13.6 Å². The number of carbonyl (C=O) groups is 1. The highest BCUT2D eigenvalue weighted by atomic mass is 79.9. The van der Waals surface area contributed by atoms with Gasteiger partial charge in [-0.2, -0.15) is 0 Å². The molecule has 0 saturated carbocycles. The normalized spacial score (nSPS) is 10.4. The molecule has 4 heteroatoms. The first kappa shape index (κ1) is 12.9. The van der Waals surface area contributed by atoms with Gasteiger partial charge in [0.25, 0.3) is 0 Å². The first-order chi connectivity index (χ1) is 8.49. The average Bonchev–Trinajstić information content (AvgIpc) is 2.31. The van der Waals surface area contributed by atoms with Crippen LogP contribution in [-0.2, 0) is 0 Å². The maximum absolute atomic E-state index is 13.8. The van der Waals surface area contributed by atoms with Gasteiger partial charge >= 0.3 is 0 Å². The molecule has 0 bridgehead atoms. The highest BCUT2D eigenvalue weighted by Crippen LogP contribution is 2.30. The number of halogens is 3. The Morgan fingerprint density at radius 3 is 2.44 bits per heavy atom. The van der Waals surface area contributed by atoms with Crippen LogP contribution in [-0.4, -0.2) is 5.78 Å². The number of rotatable bonds is 2. The summed E-state index contributed by atoms with van der Waals surface area (Å²) in [6.07, 6.45) is 0. The fourth-order valence-electron chi connectivity index (χ4n) is 1.75. The van der Waals surface area contributed by atoms with Crippen molar-refractivity contribution < 1.29 is 13.6 Å². The van der Waals surface area contributed by atoms with Crippen molar-refractivity contribution in [1.29, 1.82) is 0 Å². The average molecular weight is 311 g/mol. The standard InChI is InChI=1S/C14H9BrF2O/c1-8(18)11-4-3-10(16)7-12(11)13-6-9(15)2-5-14(13)17/h2-7H,1H3. The second-order valence-corrected chi connectivity index (χ2v) is 4.79. The molecule has 0 aliphatic rings. The van der Waals surface area contributed by atoms with E-state index in [2.05, 4.69) is 15.9 Å². The van der Waals surface area contributed by atoms with E-state index in [0.29, 0.717) is 10.0 Å². The van der Waals surface area contributed by atoms with Crippen molar-refractivity contribution in [3.63, 3.8) is 0 Å². The van der Waals surface area contributed by atoms with Crippen molar-refractivity contribution in [3.05, 3.63) is 58.1 Å². The van der Waals surface area contributed by atoms with Gasteiger partial charge in [-0.05, 0) is 48.9 Å². The SMILES string of the molecule is CC(=O)c1ccc(F)cc1-c1cc(Br)ccc1F. The summed E-state index contributed by atoms with van der Waals surface area (Å²) in [5, 5.41) is 0. The van der Waals surface area contributed by atoms with Crippen molar-refractivity contribution >= 4 is 21.7 Å². The number of carbonyl (C=O) groups excluding carboxylic acids is 1. The van der Waals surface area contributed by atoms with Crippen molar-refractivity contribution in [3.8, 4) is 11.1 Å². The Morgan fingerprint density at radius 1 is 1.06 bits per heavy atom. The van der Waals surface area contributed by atoms with Crippen LogP contribution >= 0.6 is 15.9 Å². The molecule has 2 aromatic carbocycles. The second kappa shape index (κ2) is 4.98. The van der Waals surface area contributed by atoms with Crippen molar-refractivity contribution in [2.75, 3.05) is 0 Å². The molecule has 2 aromatic rings. The van der Waals surface area contributed by atoms with E-state index < -0.39 is 11.6 Å². The van der Waals surface area contributed by atoms with E-state index in [4.69, 9.17) is 0 Å². The number of hydrogen-bond donors (Lipinski definition) is 0. The third kappa shape index (κ3) is 2.48. The van der Waals surface area contributed by atoms with Crippen molar-refractivity contribution in [2.24, 2.45) is 0 Å². The van der Waals surface area contributed by atoms with Gasteiger partial charge in [0, 0.05) is 15.6 Å². The Hall–Kier alpha value is -1.55. The number of ketones is 1. The van der Waals surface area contributed by atoms with E-state index in [-0.39, 0.29) is 16.9 Å². The van der Waals surface area contributed by atoms with Crippen LogP contribution in [0.5, 0.6) is 0 Å². The lowest BCUT2D eigenvalue weighted by Crippen LogP contribution is -1.98. The molecule has 0 amide bonds. The van der Waals surface area contributed by atoms with Crippen LogP contribution < -0.4 is 0 Å². The quantitative estimate of drug-likeness (QED) is 0.741. The highest BCUT2D eigenvalue weighted by molar-refractivity contribution is 9.10. The zero-order chi connectivity index (χ0) is 13.3. The minimum Gasteiger partial charge on any atom is -0.294 e. The molecule has 2 rings (SSSR count). The van der Waals surface area contributed by atoms with Crippen LogP contribution in [0, 0.1) is 11.6 Å². The summed E-state index contributed by atoms with van der Waals surface area (Å²) in [5.41, 5.74) is 0.767. The summed E-state index contributed by atoms with van der Waals surface area (Å²) in [4.78, 5) is 11.5. The predicted molar refractivity (Wildman–Crippen MR) is 69.5 cm³/mol. The molecule has 18 heavy (non-hydrogen) atoms.